The average molecular weight is 228 g/mol. The summed E-state index contributed by atoms with van der Waals surface area (Å²) in [6, 6.07) is 7.02. The molecule has 1 unspecified atom stereocenters. The first kappa shape index (κ1) is 11.2. The third kappa shape index (κ3) is 2.45. The number of rotatable bonds is 1. The number of carbonyl (C=O) groups is 2. The van der Waals surface area contributed by atoms with Crippen molar-refractivity contribution in [2.24, 2.45) is 0 Å². The van der Waals surface area contributed by atoms with Gasteiger partial charge < -0.3 is 10.6 Å². The Morgan fingerprint density at radius 3 is 3.00 bits per heavy atom. The van der Waals surface area contributed by atoms with Crippen LogP contribution in [-0.4, -0.2) is 17.9 Å². The molecule has 4 heteroatoms. The summed E-state index contributed by atoms with van der Waals surface area (Å²) in [5.74, 6) is 1.16. The molecule has 1 aliphatic rings. The van der Waals surface area contributed by atoms with E-state index in [4.69, 9.17) is 6.42 Å². The minimum atomic E-state index is -0.564. The quantitative estimate of drug-likeness (QED) is 0.695. The molecule has 0 aliphatic carbocycles. The van der Waals surface area contributed by atoms with Gasteiger partial charge in [-0.1, -0.05) is 18.2 Å². The molecule has 1 atom stereocenters. The molecule has 17 heavy (non-hydrogen) atoms. The molecule has 0 spiro atoms. The average Bonchev–Trinajstić information content (AvgIpc) is 2.49. The van der Waals surface area contributed by atoms with E-state index in [1.807, 2.05) is 30.2 Å². The van der Waals surface area contributed by atoms with Gasteiger partial charge in [0.1, 0.15) is 6.04 Å². The summed E-state index contributed by atoms with van der Waals surface area (Å²) in [7, 11) is 0. The Balaban J connectivity index is 2.16. The molecule has 86 valence electrons. The van der Waals surface area contributed by atoms with Crippen LogP contribution >= 0.6 is 0 Å². The molecule has 2 rings (SSSR count). The minimum Gasteiger partial charge on any atom is -0.333 e. The number of anilines is 1. The number of aryl methyl sites for hydroxylation is 1. The highest BCUT2D eigenvalue weighted by atomic mass is 16.2. The molecule has 2 amide bonds. The lowest BCUT2D eigenvalue weighted by molar-refractivity contribution is -0.123. The Morgan fingerprint density at radius 1 is 1.47 bits per heavy atom. The van der Waals surface area contributed by atoms with E-state index in [-0.39, 0.29) is 5.91 Å². The van der Waals surface area contributed by atoms with E-state index in [0.717, 1.165) is 17.7 Å². The van der Waals surface area contributed by atoms with Crippen LogP contribution in [0.4, 0.5) is 5.69 Å². The third-order valence-electron chi connectivity index (χ3n) is 2.73. The number of carbonyl (C=O) groups excluding carboxylic acids is 2. The van der Waals surface area contributed by atoms with Gasteiger partial charge in [-0.25, -0.2) is 0 Å². The van der Waals surface area contributed by atoms with Crippen LogP contribution in [-0.2, 0) is 16.0 Å². The number of hydrogen-bond acceptors (Lipinski definition) is 2. The first-order valence-electron chi connectivity index (χ1n) is 5.36. The maximum absolute atomic E-state index is 11.8. The Labute approximate surface area is 99.4 Å². The molecule has 0 saturated heterocycles. The summed E-state index contributed by atoms with van der Waals surface area (Å²) in [5, 5.41) is 5.29. The van der Waals surface area contributed by atoms with Gasteiger partial charge in [-0.3, -0.25) is 9.59 Å². The van der Waals surface area contributed by atoms with Crippen LogP contribution in [0.2, 0.25) is 0 Å². The van der Waals surface area contributed by atoms with Crippen molar-refractivity contribution in [3.8, 4) is 12.3 Å². The van der Waals surface area contributed by atoms with Crippen molar-refractivity contribution in [3.05, 3.63) is 29.8 Å². The summed E-state index contributed by atoms with van der Waals surface area (Å²) in [4.78, 5) is 22.9. The van der Waals surface area contributed by atoms with Crippen LogP contribution in [0.25, 0.3) is 0 Å². The molecule has 4 nitrogen and oxygen atoms in total. The normalized spacial score (nSPS) is 18.3. The second-order valence-electron chi connectivity index (χ2n) is 3.86. The van der Waals surface area contributed by atoms with Crippen LogP contribution in [0.3, 0.4) is 0 Å². The number of terminal acetylenes is 1. The Kier molecular flexibility index (Phi) is 3.10. The van der Waals surface area contributed by atoms with Gasteiger partial charge in [-0.2, -0.15) is 0 Å². The second kappa shape index (κ2) is 4.71. The first-order valence-corrected chi connectivity index (χ1v) is 5.36. The summed E-state index contributed by atoms with van der Waals surface area (Å²) in [6.45, 7) is 0. The smallest absolute Gasteiger partial charge is 0.296 e. The zero-order valence-corrected chi connectivity index (χ0v) is 9.19. The fourth-order valence-electron chi connectivity index (χ4n) is 1.85. The number of para-hydroxylation sites is 1. The van der Waals surface area contributed by atoms with Gasteiger partial charge in [0.2, 0.25) is 5.91 Å². The van der Waals surface area contributed by atoms with E-state index in [2.05, 4.69) is 10.6 Å². The standard InChI is InChI=1S/C13H12N2O2/c1-2-12(16)14-11-8-7-9-5-3-4-6-10(9)15-13(11)17/h1,3-6,11H,7-8H2,(H,14,16)(H,15,17). The van der Waals surface area contributed by atoms with Crippen molar-refractivity contribution in [3.63, 3.8) is 0 Å². The lowest BCUT2D eigenvalue weighted by atomic mass is 10.1. The van der Waals surface area contributed by atoms with E-state index in [9.17, 15) is 9.59 Å². The number of fused-ring (bicyclic) bond motifs is 1. The number of nitrogens with one attached hydrogen (secondary N) is 2. The highest BCUT2D eigenvalue weighted by Gasteiger charge is 2.24. The van der Waals surface area contributed by atoms with Crippen molar-refractivity contribution in [2.75, 3.05) is 5.32 Å². The molecule has 1 heterocycles. The zero-order chi connectivity index (χ0) is 12.3. The Morgan fingerprint density at radius 2 is 2.24 bits per heavy atom. The second-order valence-corrected chi connectivity index (χ2v) is 3.86. The topological polar surface area (TPSA) is 58.2 Å². The Hall–Kier alpha value is -2.28. The summed E-state index contributed by atoms with van der Waals surface area (Å²) in [5.41, 5.74) is 1.87. The maximum Gasteiger partial charge on any atom is 0.296 e. The SMILES string of the molecule is C#CC(=O)NC1CCc2ccccc2NC1=O. The predicted molar refractivity (Wildman–Crippen MR) is 64.2 cm³/mol. The fraction of sp³-hybridized carbons (Fsp3) is 0.231. The molecule has 0 fully saturated rings. The highest BCUT2D eigenvalue weighted by molar-refractivity contribution is 6.01. The van der Waals surface area contributed by atoms with E-state index in [0.29, 0.717) is 6.42 Å². The summed E-state index contributed by atoms with van der Waals surface area (Å²) >= 11 is 0. The van der Waals surface area contributed by atoms with Crippen molar-refractivity contribution >= 4 is 17.5 Å². The van der Waals surface area contributed by atoms with E-state index in [1.165, 1.54) is 0 Å². The summed E-state index contributed by atoms with van der Waals surface area (Å²) < 4.78 is 0. The van der Waals surface area contributed by atoms with E-state index in [1.54, 1.807) is 0 Å². The van der Waals surface area contributed by atoms with Crippen molar-refractivity contribution in [1.82, 2.24) is 5.32 Å². The van der Waals surface area contributed by atoms with Crippen LogP contribution < -0.4 is 10.6 Å². The third-order valence-corrected chi connectivity index (χ3v) is 2.73. The molecule has 0 bridgehead atoms. The molecule has 1 aromatic rings. The molecule has 1 aromatic carbocycles. The number of benzene rings is 1. The Bertz CT molecular complexity index is 502. The number of hydrogen-bond donors (Lipinski definition) is 2. The van der Waals surface area contributed by atoms with E-state index >= 15 is 0 Å². The van der Waals surface area contributed by atoms with Gasteiger partial charge in [0.15, 0.2) is 0 Å². The molecule has 0 saturated carbocycles. The lowest BCUT2D eigenvalue weighted by Gasteiger charge is -2.12. The van der Waals surface area contributed by atoms with Gasteiger partial charge in [0, 0.05) is 5.69 Å². The fourth-order valence-corrected chi connectivity index (χ4v) is 1.85. The van der Waals surface area contributed by atoms with Crippen LogP contribution in [0.1, 0.15) is 12.0 Å². The van der Waals surface area contributed by atoms with E-state index < -0.39 is 11.9 Å². The molecule has 2 N–H and O–H groups in total. The number of amides is 2. The molecule has 0 aromatic heterocycles. The van der Waals surface area contributed by atoms with Gasteiger partial charge >= 0.3 is 0 Å². The van der Waals surface area contributed by atoms with Gasteiger partial charge in [0.05, 0.1) is 0 Å². The zero-order valence-electron chi connectivity index (χ0n) is 9.19. The monoisotopic (exact) mass is 228 g/mol. The van der Waals surface area contributed by atoms with Crippen LogP contribution in [0.15, 0.2) is 24.3 Å². The molecular formula is C13H12N2O2. The van der Waals surface area contributed by atoms with Crippen LogP contribution in [0, 0.1) is 12.3 Å². The van der Waals surface area contributed by atoms with Crippen LogP contribution in [0.5, 0.6) is 0 Å². The molecule has 0 radical (unpaired) electrons. The van der Waals surface area contributed by atoms with Crippen molar-refractivity contribution in [2.45, 2.75) is 18.9 Å². The van der Waals surface area contributed by atoms with Crippen molar-refractivity contribution in [1.29, 1.82) is 0 Å². The predicted octanol–water partition coefficient (Wildman–Crippen LogP) is 0.689. The molecule has 1 aliphatic heterocycles. The lowest BCUT2D eigenvalue weighted by Crippen LogP contribution is -2.42. The first-order chi connectivity index (χ1) is 8.20. The maximum atomic E-state index is 11.8. The van der Waals surface area contributed by atoms with Gasteiger partial charge in [0.25, 0.3) is 5.91 Å². The largest absolute Gasteiger partial charge is 0.333 e. The summed E-state index contributed by atoms with van der Waals surface area (Å²) in [6.07, 6.45) is 6.24. The van der Waals surface area contributed by atoms with Gasteiger partial charge in [-0.15, -0.1) is 6.42 Å². The van der Waals surface area contributed by atoms with Gasteiger partial charge in [-0.05, 0) is 30.4 Å². The molecular weight excluding hydrogens is 216 g/mol. The highest BCUT2D eigenvalue weighted by Crippen LogP contribution is 2.21. The minimum absolute atomic E-state index is 0.224. The van der Waals surface area contributed by atoms with Crippen molar-refractivity contribution < 1.29 is 9.59 Å².